The van der Waals surface area contributed by atoms with E-state index in [-0.39, 0.29) is 12.6 Å². The Morgan fingerprint density at radius 3 is 2.75 bits per heavy atom. The van der Waals surface area contributed by atoms with Crippen molar-refractivity contribution in [2.75, 3.05) is 6.61 Å². The molecule has 1 rings (SSSR count). The Hall–Kier alpha value is -1.93. The van der Waals surface area contributed by atoms with Crippen LogP contribution >= 0.6 is 0 Å². The Bertz CT molecular complexity index is 433. The van der Waals surface area contributed by atoms with Gasteiger partial charge in [0.25, 0.3) is 0 Å². The van der Waals surface area contributed by atoms with E-state index in [1.807, 2.05) is 0 Å². The highest BCUT2D eigenvalue weighted by molar-refractivity contribution is 5.71. The minimum atomic E-state index is -1.01. The molecule has 82 valence electrons. The molecule has 0 spiro atoms. The fraction of sp³-hybridized carbons (Fsp3) is 0.417. The van der Waals surface area contributed by atoms with Crippen molar-refractivity contribution >= 4 is 5.97 Å². The summed E-state index contributed by atoms with van der Waals surface area (Å²) >= 11 is 0. The van der Waals surface area contributed by atoms with E-state index in [9.17, 15) is 9.90 Å². The Kier molecular flexibility index (Phi) is 4.96. The molecule has 1 heterocycles. The summed E-state index contributed by atoms with van der Waals surface area (Å²) in [7, 11) is 0. The molecule has 0 aromatic carbocycles. The molecule has 4 nitrogen and oxygen atoms in total. The van der Waals surface area contributed by atoms with Crippen LogP contribution in [0.2, 0.25) is 0 Å². The summed E-state index contributed by atoms with van der Waals surface area (Å²) in [4.78, 5) is 10.8. The Balaban J connectivity index is 2.44. The second-order valence-corrected chi connectivity index (χ2v) is 2.99. The number of hydrogen-bond donors (Lipinski definition) is 2. The molecule has 2 N–H and O–H groups in total. The summed E-state index contributed by atoms with van der Waals surface area (Å²) in [6.45, 7) is -0.247. The maximum Gasteiger partial charge on any atom is 0.306 e. The van der Waals surface area contributed by atoms with Gasteiger partial charge in [-0.05, 0) is 30.1 Å². The third-order valence-corrected chi connectivity index (χ3v) is 1.84. The Labute approximate surface area is 93.6 Å². The highest BCUT2D eigenvalue weighted by Crippen LogP contribution is 2.16. The molecule has 0 unspecified atom stereocenters. The summed E-state index contributed by atoms with van der Waals surface area (Å²) in [6, 6.07) is 0. The van der Waals surface area contributed by atoms with Gasteiger partial charge in [0.15, 0.2) is 6.10 Å². The summed E-state index contributed by atoms with van der Waals surface area (Å²) in [5.74, 6) is 14.0. The van der Waals surface area contributed by atoms with Gasteiger partial charge in [-0.15, -0.1) is 0 Å². The summed E-state index contributed by atoms with van der Waals surface area (Å²) in [5, 5.41) is 17.8. The van der Waals surface area contributed by atoms with E-state index in [2.05, 4.69) is 35.5 Å². The van der Waals surface area contributed by atoms with Crippen LogP contribution in [0.3, 0.4) is 0 Å². The predicted molar refractivity (Wildman–Crippen MR) is 55.5 cm³/mol. The molecule has 1 saturated heterocycles. The fourth-order valence-electron chi connectivity index (χ4n) is 1.12. The Morgan fingerprint density at radius 1 is 1.38 bits per heavy atom. The largest absolute Gasteiger partial charge is 0.458 e. The van der Waals surface area contributed by atoms with Crippen LogP contribution in [0.15, 0.2) is 0 Å². The summed E-state index contributed by atoms with van der Waals surface area (Å²) < 4.78 is 4.82. The molecule has 16 heavy (non-hydrogen) atoms. The minimum Gasteiger partial charge on any atom is -0.458 e. The van der Waals surface area contributed by atoms with E-state index in [1.165, 1.54) is 0 Å². The zero-order chi connectivity index (χ0) is 11.8. The number of hydrogen-bond acceptors (Lipinski definition) is 4. The second-order valence-electron chi connectivity index (χ2n) is 2.99. The van der Waals surface area contributed by atoms with Gasteiger partial charge in [0.05, 0.1) is 0 Å². The van der Waals surface area contributed by atoms with Gasteiger partial charge in [-0.25, -0.2) is 0 Å². The number of cyclic esters (lactones) is 1. The van der Waals surface area contributed by atoms with E-state index in [0.29, 0.717) is 12.8 Å². The van der Waals surface area contributed by atoms with Gasteiger partial charge in [-0.2, -0.15) is 0 Å². The van der Waals surface area contributed by atoms with Crippen molar-refractivity contribution in [1.29, 1.82) is 0 Å². The number of aliphatic hydroxyl groups excluding tert-OH is 2. The van der Waals surface area contributed by atoms with E-state index in [0.717, 1.165) is 0 Å². The van der Waals surface area contributed by atoms with Crippen molar-refractivity contribution < 1.29 is 19.7 Å². The monoisotopic (exact) mass is 218 g/mol. The number of ether oxygens (including phenoxy) is 1. The fourth-order valence-corrected chi connectivity index (χ4v) is 1.12. The lowest BCUT2D eigenvalue weighted by Gasteiger charge is -2.09. The topological polar surface area (TPSA) is 66.8 Å². The van der Waals surface area contributed by atoms with Crippen LogP contribution in [0.5, 0.6) is 0 Å². The van der Waals surface area contributed by atoms with Gasteiger partial charge in [0, 0.05) is 6.42 Å². The van der Waals surface area contributed by atoms with Gasteiger partial charge in [0.2, 0.25) is 0 Å². The number of carbonyl (C=O) groups is 1. The molecule has 1 aliphatic rings. The maximum absolute atomic E-state index is 10.8. The average Bonchev–Trinajstić information content (AvgIpc) is 2.70. The lowest BCUT2D eigenvalue weighted by molar-refractivity contribution is -0.143. The van der Waals surface area contributed by atoms with Gasteiger partial charge in [-0.1, -0.05) is 11.8 Å². The van der Waals surface area contributed by atoms with E-state index >= 15 is 0 Å². The molecule has 0 aliphatic carbocycles. The SMILES string of the molecule is O=C1CC[C@@H]([C@@H](O)C#CC#CC#CCO)O1. The van der Waals surface area contributed by atoms with Gasteiger partial charge in [-0.3, -0.25) is 4.79 Å². The zero-order valence-corrected chi connectivity index (χ0v) is 8.49. The van der Waals surface area contributed by atoms with Crippen LogP contribution < -0.4 is 0 Å². The molecule has 1 aliphatic heterocycles. The van der Waals surface area contributed by atoms with Crippen molar-refractivity contribution in [2.45, 2.75) is 25.0 Å². The normalized spacial score (nSPS) is 19.1. The first-order chi connectivity index (χ1) is 7.74. The molecule has 0 aromatic heterocycles. The van der Waals surface area contributed by atoms with Crippen LogP contribution in [-0.2, 0) is 9.53 Å². The second kappa shape index (κ2) is 6.53. The number of carbonyl (C=O) groups excluding carboxylic acids is 1. The molecular weight excluding hydrogens is 208 g/mol. The summed E-state index contributed by atoms with van der Waals surface area (Å²) in [6.07, 6.45) is -0.763. The first-order valence-electron chi connectivity index (χ1n) is 4.71. The van der Waals surface area contributed by atoms with Crippen LogP contribution in [-0.4, -0.2) is 35.0 Å². The molecule has 0 saturated carbocycles. The lowest BCUT2D eigenvalue weighted by atomic mass is 10.1. The number of rotatable bonds is 1. The molecule has 0 aromatic rings. The van der Waals surface area contributed by atoms with Gasteiger partial charge in [0.1, 0.15) is 12.7 Å². The number of esters is 1. The average molecular weight is 218 g/mol. The van der Waals surface area contributed by atoms with Crippen molar-refractivity contribution in [3.05, 3.63) is 0 Å². The van der Waals surface area contributed by atoms with Gasteiger partial charge >= 0.3 is 5.97 Å². The molecule has 4 heteroatoms. The quantitative estimate of drug-likeness (QED) is 0.440. The molecule has 0 bridgehead atoms. The van der Waals surface area contributed by atoms with Crippen LogP contribution in [0.4, 0.5) is 0 Å². The lowest BCUT2D eigenvalue weighted by Crippen LogP contribution is -2.23. The highest BCUT2D eigenvalue weighted by Gasteiger charge is 2.28. The van der Waals surface area contributed by atoms with E-state index in [1.54, 1.807) is 0 Å². The van der Waals surface area contributed by atoms with Crippen LogP contribution in [0.25, 0.3) is 0 Å². The summed E-state index contributed by atoms with van der Waals surface area (Å²) in [5.41, 5.74) is 0. The molecule has 0 amide bonds. The Morgan fingerprint density at radius 2 is 2.12 bits per heavy atom. The molecular formula is C12H10O4. The molecule has 0 radical (unpaired) electrons. The zero-order valence-electron chi connectivity index (χ0n) is 8.49. The standard InChI is InChI=1S/C12H10O4/c13-9-5-3-1-2-4-6-10(14)11-7-8-12(15)16-11/h10-11,13-14H,7-9H2/t10-,11-/m0/s1. The first-order valence-corrected chi connectivity index (χ1v) is 4.71. The highest BCUT2D eigenvalue weighted by atomic mass is 16.6. The maximum atomic E-state index is 10.8. The third kappa shape index (κ3) is 4.07. The minimum absolute atomic E-state index is 0.247. The van der Waals surface area contributed by atoms with Crippen LogP contribution in [0.1, 0.15) is 12.8 Å². The van der Waals surface area contributed by atoms with E-state index < -0.39 is 12.2 Å². The van der Waals surface area contributed by atoms with E-state index in [4.69, 9.17) is 9.84 Å². The molecule has 1 fully saturated rings. The van der Waals surface area contributed by atoms with Crippen molar-refractivity contribution in [3.63, 3.8) is 0 Å². The van der Waals surface area contributed by atoms with Crippen molar-refractivity contribution in [2.24, 2.45) is 0 Å². The van der Waals surface area contributed by atoms with Crippen LogP contribution in [0, 0.1) is 35.5 Å². The molecule has 2 atom stereocenters. The van der Waals surface area contributed by atoms with Gasteiger partial charge < -0.3 is 14.9 Å². The predicted octanol–water partition coefficient (Wildman–Crippen LogP) is -0.945. The third-order valence-electron chi connectivity index (χ3n) is 1.84. The first kappa shape index (κ1) is 12.1. The smallest absolute Gasteiger partial charge is 0.306 e. The van der Waals surface area contributed by atoms with Crippen molar-refractivity contribution in [3.8, 4) is 35.5 Å². The number of aliphatic hydroxyl groups is 2. The van der Waals surface area contributed by atoms with Crippen molar-refractivity contribution in [1.82, 2.24) is 0 Å².